The molecule has 0 unspecified atom stereocenters. The Morgan fingerprint density at radius 3 is 2.17 bits per heavy atom. The van der Waals surface area contributed by atoms with Crippen molar-refractivity contribution in [3.05, 3.63) is 56.3 Å². The molecule has 5 heteroatoms. The van der Waals surface area contributed by atoms with E-state index >= 15 is 0 Å². The highest BCUT2D eigenvalue weighted by atomic mass is 127. The third-order valence-corrected chi connectivity index (χ3v) is 5.23. The second-order valence-corrected chi connectivity index (χ2v) is 7.10. The number of allylic oxidation sites excluding steroid dienone is 4. The zero-order valence-corrected chi connectivity index (χ0v) is 14.4. The molecule has 23 heavy (non-hydrogen) atoms. The van der Waals surface area contributed by atoms with Crippen LogP contribution in [0.25, 0.3) is 0 Å². The lowest BCUT2D eigenvalue weighted by molar-refractivity contribution is 0.523. The van der Waals surface area contributed by atoms with E-state index < -0.39 is 11.3 Å². The number of nitrogens with zero attached hydrogens (tertiary/aromatic N) is 3. The Morgan fingerprint density at radius 2 is 1.70 bits per heavy atom. The van der Waals surface area contributed by atoms with Crippen molar-refractivity contribution in [3.63, 3.8) is 0 Å². The van der Waals surface area contributed by atoms with Crippen LogP contribution in [0.1, 0.15) is 24.3 Å². The molecule has 1 saturated carbocycles. The van der Waals surface area contributed by atoms with Gasteiger partial charge in [-0.3, -0.25) is 0 Å². The van der Waals surface area contributed by atoms with Gasteiger partial charge in [0.05, 0.1) is 23.4 Å². The molecule has 4 nitrogen and oxygen atoms in total. The predicted octanol–water partition coefficient (Wildman–Crippen LogP) is 3.49. The molecule has 1 aromatic carbocycles. The van der Waals surface area contributed by atoms with Gasteiger partial charge in [0.25, 0.3) is 0 Å². The molecule has 3 rings (SSSR count). The van der Waals surface area contributed by atoms with Crippen molar-refractivity contribution in [1.29, 1.82) is 15.8 Å². The minimum Gasteiger partial charge on any atom is -0.399 e. The Morgan fingerprint density at radius 1 is 1.09 bits per heavy atom. The Bertz CT molecular complexity index is 825. The highest BCUT2D eigenvalue weighted by Gasteiger charge is 2.48. The lowest BCUT2D eigenvalue weighted by atomic mass is 9.66. The first kappa shape index (κ1) is 15.6. The molecule has 1 fully saturated rings. The number of rotatable bonds is 2. The van der Waals surface area contributed by atoms with Crippen molar-refractivity contribution in [3.8, 4) is 18.2 Å². The lowest BCUT2D eigenvalue weighted by Crippen LogP contribution is -2.35. The van der Waals surface area contributed by atoms with Gasteiger partial charge in [0.15, 0.2) is 5.41 Å². The first-order valence-electron chi connectivity index (χ1n) is 7.27. The second kappa shape index (κ2) is 5.72. The summed E-state index contributed by atoms with van der Waals surface area (Å²) in [5, 5.41) is 28.9. The van der Waals surface area contributed by atoms with Crippen LogP contribution in [0, 0.1) is 48.9 Å². The van der Waals surface area contributed by atoms with Crippen molar-refractivity contribution >= 4 is 22.6 Å². The van der Waals surface area contributed by atoms with Crippen LogP contribution in [0.15, 0.2) is 47.2 Å². The van der Waals surface area contributed by atoms with Crippen molar-refractivity contribution in [2.24, 2.45) is 17.1 Å². The van der Waals surface area contributed by atoms with Gasteiger partial charge in [-0.2, -0.15) is 15.8 Å². The monoisotopic (exact) mass is 412 g/mol. The van der Waals surface area contributed by atoms with E-state index in [0.29, 0.717) is 11.5 Å². The average molecular weight is 412 g/mol. The molecule has 0 saturated heterocycles. The third-order valence-electron chi connectivity index (χ3n) is 4.51. The maximum Gasteiger partial charge on any atom is 0.194 e. The van der Waals surface area contributed by atoms with E-state index in [4.69, 9.17) is 5.73 Å². The maximum atomic E-state index is 9.73. The predicted molar refractivity (Wildman–Crippen MR) is 93.2 cm³/mol. The van der Waals surface area contributed by atoms with Gasteiger partial charge in [-0.15, -0.1) is 0 Å². The van der Waals surface area contributed by atoms with Crippen LogP contribution in [0.4, 0.5) is 0 Å². The fraction of sp³-hybridized carbons (Fsp3) is 0.278. The minimum absolute atomic E-state index is 0.0953. The molecule has 0 bridgehead atoms. The highest BCUT2D eigenvalue weighted by Crippen LogP contribution is 2.51. The average Bonchev–Trinajstić information content (AvgIpc) is 3.40. The van der Waals surface area contributed by atoms with Crippen molar-refractivity contribution in [1.82, 2.24) is 0 Å². The van der Waals surface area contributed by atoms with E-state index in [1.54, 1.807) is 0 Å². The number of hydrogen-bond donors (Lipinski definition) is 1. The Hall–Kier alpha value is -2.30. The Kier molecular flexibility index (Phi) is 3.88. The molecule has 0 heterocycles. The largest absolute Gasteiger partial charge is 0.399 e. The third kappa shape index (κ3) is 2.40. The topological polar surface area (TPSA) is 97.4 Å². The summed E-state index contributed by atoms with van der Waals surface area (Å²) < 4.78 is 1.08. The van der Waals surface area contributed by atoms with E-state index in [-0.39, 0.29) is 5.70 Å². The normalized spacial score (nSPS) is 22.5. The molecular formula is C18H13IN4. The molecule has 1 aromatic rings. The number of nitriles is 3. The molecule has 1 atom stereocenters. The van der Waals surface area contributed by atoms with Crippen LogP contribution in [0.5, 0.6) is 0 Å². The molecule has 0 amide bonds. The fourth-order valence-electron chi connectivity index (χ4n) is 3.07. The van der Waals surface area contributed by atoms with E-state index in [1.165, 1.54) is 0 Å². The Balaban J connectivity index is 2.22. The van der Waals surface area contributed by atoms with Crippen molar-refractivity contribution < 1.29 is 0 Å². The van der Waals surface area contributed by atoms with Crippen molar-refractivity contribution in [2.45, 2.75) is 18.8 Å². The fourth-order valence-corrected chi connectivity index (χ4v) is 3.43. The van der Waals surface area contributed by atoms with Crippen LogP contribution in [0.2, 0.25) is 0 Å². The van der Waals surface area contributed by atoms with E-state index in [0.717, 1.165) is 27.5 Å². The summed E-state index contributed by atoms with van der Waals surface area (Å²) in [6.07, 6.45) is 3.97. The van der Waals surface area contributed by atoms with Crippen LogP contribution < -0.4 is 5.73 Å². The number of hydrogen-bond acceptors (Lipinski definition) is 4. The molecule has 0 aliphatic heterocycles. The van der Waals surface area contributed by atoms with Gasteiger partial charge in [0.1, 0.15) is 6.07 Å². The van der Waals surface area contributed by atoms with Crippen LogP contribution in [-0.2, 0) is 0 Å². The van der Waals surface area contributed by atoms with Gasteiger partial charge in [-0.25, -0.2) is 0 Å². The Labute approximate surface area is 148 Å². The summed E-state index contributed by atoms with van der Waals surface area (Å²) in [6, 6.07) is 14.0. The zero-order valence-electron chi connectivity index (χ0n) is 12.3. The van der Waals surface area contributed by atoms with Gasteiger partial charge in [0.2, 0.25) is 0 Å². The van der Waals surface area contributed by atoms with Crippen LogP contribution in [0.3, 0.4) is 0 Å². The summed E-state index contributed by atoms with van der Waals surface area (Å²) in [5.41, 5.74) is 6.82. The summed E-state index contributed by atoms with van der Waals surface area (Å²) >= 11 is 2.21. The smallest absolute Gasteiger partial charge is 0.194 e. The summed E-state index contributed by atoms with van der Waals surface area (Å²) in [4.78, 5) is 0. The molecule has 2 N–H and O–H groups in total. The molecule has 0 spiro atoms. The zero-order chi connectivity index (χ0) is 16.6. The highest BCUT2D eigenvalue weighted by molar-refractivity contribution is 14.1. The molecule has 0 aromatic heterocycles. The molecule has 112 valence electrons. The van der Waals surface area contributed by atoms with Gasteiger partial charge >= 0.3 is 0 Å². The second-order valence-electron chi connectivity index (χ2n) is 5.86. The molecule has 0 radical (unpaired) electrons. The first-order valence-corrected chi connectivity index (χ1v) is 8.35. The van der Waals surface area contributed by atoms with Crippen LogP contribution >= 0.6 is 22.6 Å². The van der Waals surface area contributed by atoms with Crippen LogP contribution in [-0.4, -0.2) is 0 Å². The minimum atomic E-state index is -1.53. The van der Waals surface area contributed by atoms with E-state index in [9.17, 15) is 15.8 Å². The van der Waals surface area contributed by atoms with E-state index in [2.05, 4.69) is 40.8 Å². The summed E-state index contributed by atoms with van der Waals surface area (Å²) in [6.45, 7) is 0. The number of benzene rings is 1. The molecule has 2 aliphatic rings. The SMILES string of the molecule is N#CC1=C(N)C(C#N)(C#N)[C@H](c2ccc(I)cc2)C=C1C1CC1. The van der Waals surface area contributed by atoms with Gasteiger partial charge < -0.3 is 5.73 Å². The first-order chi connectivity index (χ1) is 11.1. The van der Waals surface area contributed by atoms with Gasteiger partial charge in [-0.1, -0.05) is 18.2 Å². The van der Waals surface area contributed by atoms with Gasteiger partial charge in [-0.05, 0) is 64.6 Å². The summed E-state index contributed by atoms with van der Waals surface area (Å²) in [5.74, 6) is -0.132. The van der Waals surface area contributed by atoms with E-state index in [1.807, 2.05) is 30.3 Å². The number of halogens is 1. The molecule has 2 aliphatic carbocycles. The maximum absolute atomic E-state index is 9.73. The standard InChI is InChI=1S/C18H13IN4/c19-13-5-3-12(4-6-13)16-7-14(11-1-2-11)15(8-20)17(23)18(16,9-21)10-22/h3-7,11,16H,1-2,23H2/t16-/m0/s1. The summed E-state index contributed by atoms with van der Waals surface area (Å²) in [7, 11) is 0. The molecular weight excluding hydrogens is 399 g/mol. The number of nitrogens with two attached hydrogens (primary N) is 1. The van der Waals surface area contributed by atoms with Gasteiger partial charge in [0, 0.05) is 9.49 Å². The lowest BCUT2D eigenvalue weighted by Gasteiger charge is -2.33. The quantitative estimate of drug-likeness (QED) is 0.752. The van der Waals surface area contributed by atoms with Crippen molar-refractivity contribution in [2.75, 3.05) is 0 Å².